The van der Waals surface area contributed by atoms with E-state index in [9.17, 15) is 9.59 Å². The summed E-state index contributed by atoms with van der Waals surface area (Å²) in [5, 5.41) is 14.3. The van der Waals surface area contributed by atoms with Gasteiger partial charge in [0.1, 0.15) is 5.84 Å². The normalized spacial score (nSPS) is 10.4. The molecule has 0 atom stereocenters. The Kier molecular flexibility index (Phi) is 6.89. The smallest absolute Gasteiger partial charge is 0.251 e. The largest absolute Gasteiger partial charge is 0.384 e. The number of nitrogen functional groups attached to an aromatic ring is 1. The van der Waals surface area contributed by atoms with Crippen molar-refractivity contribution in [2.45, 2.75) is 13.1 Å². The molecule has 31 heavy (non-hydrogen) atoms. The monoisotopic (exact) mass is 435 g/mol. The van der Waals surface area contributed by atoms with E-state index in [1.807, 2.05) is 6.07 Å². The van der Waals surface area contributed by atoms with Crippen LogP contribution in [0.5, 0.6) is 0 Å². The molecule has 7 N–H and O–H groups in total. The number of hydrogen-bond acceptors (Lipinski definition) is 4. The van der Waals surface area contributed by atoms with Gasteiger partial charge >= 0.3 is 0 Å². The van der Waals surface area contributed by atoms with Crippen LogP contribution in [0.25, 0.3) is 0 Å². The van der Waals surface area contributed by atoms with Crippen molar-refractivity contribution in [3.63, 3.8) is 0 Å². The summed E-state index contributed by atoms with van der Waals surface area (Å²) in [5.41, 5.74) is 14.8. The predicted molar refractivity (Wildman–Crippen MR) is 122 cm³/mol. The molecule has 3 aromatic carbocycles. The molecule has 3 aromatic rings. The number of nitrogens with two attached hydrogens (primary N) is 2. The number of carbonyl (C=O) groups excluding carboxylic acids is 2. The van der Waals surface area contributed by atoms with Gasteiger partial charge in [-0.1, -0.05) is 41.9 Å². The molecule has 0 aliphatic heterocycles. The molecule has 2 amide bonds. The number of hydrogen-bond donors (Lipinski definition) is 5. The Hall–Kier alpha value is -3.84. The molecule has 0 heterocycles. The zero-order valence-electron chi connectivity index (χ0n) is 16.6. The fourth-order valence-corrected chi connectivity index (χ4v) is 3.19. The highest BCUT2D eigenvalue weighted by molar-refractivity contribution is 6.30. The molecule has 0 spiro atoms. The molecular formula is C23H22ClN5O2. The van der Waals surface area contributed by atoms with Gasteiger partial charge in [-0.15, -0.1) is 0 Å². The van der Waals surface area contributed by atoms with Crippen LogP contribution in [-0.4, -0.2) is 17.6 Å². The summed E-state index contributed by atoms with van der Waals surface area (Å²) < 4.78 is 0. The lowest BCUT2D eigenvalue weighted by Crippen LogP contribution is -2.23. The molecule has 7 nitrogen and oxygen atoms in total. The van der Waals surface area contributed by atoms with E-state index in [-0.39, 0.29) is 18.3 Å². The zero-order valence-corrected chi connectivity index (χ0v) is 17.4. The summed E-state index contributed by atoms with van der Waals surface area (Å²) in [5.74, 6) is -0.809. The minimum Gasteiger partial charge on any atom is -0.384 e. The van der Waals surface area contributed by atoms with Crippen molar-refractivity contribution in [1.82, 2.24) is 5.32 Å². The zero-order chi connectivity index (χ0) is 22.4. The number of rotatable bonds is 8. The molecule has 0 aliphatic rings. The van der Waals surface area contributed by atoms with E-state index in [4.69, 9.17) is 28.5 Å². The maximum Gasteiger partial charge on any atom is 0.251 e. The summed E-state index contributed by atoms with van der Waals surface area (Å²) in [7, 11) is 0. The Morgan fingerprint density at radius 3 is 2.32 bits per heavy atom. The highest BCUT2D eigenvalue weighted by atomic mass is 35.5. The molecule has 3 rings (SSSR count). The van der Waals surface area contributed by atoms with Gasteiger partial charge in [0.2, 0.25) is 5.91 Å². The van der Waals surface area contributed by atoms with Crippen LogP contribution in [0.15, 0.2) is 66.7 Å². The van der Waals surface area contributed by atoms with Crippen molar-refractivity contribution in [3.8, 4) is 0 Å². The maximum atomic E-state index is 12.4. The van der Waals surface area contributed by atoms with Crippen molar-refractivity contribution in [2.75, 3.05) is 5.32 Å². The predicted octanol–water partition coefficient (Wildman–Crippen LogP) is 3.27. The van der Waals surface area contributed by atoms with Crippen LogP contribution in [0.3, 0.4) is 0 Å². The highest BCUT2D eigenvalue weighted by Crippen LogP contribution is 2.20. The Morgan fingerprint density at radius 2 is 1.61 bits per heavy atom. The average molecular weight is 436 g/mol. The first-order chi connectivity index (χ1) is 14.8. The van der Waals surface area contributed by atoms with E-state index in [1.54, 1.807) is 60.7 Å². The van der Waals surface area contributed by atoms with E-state index in [0.717, 1.165) is 11.1 Å². The minimum absolute atomic E-state index is 0.0618. The number of anilines is 1. The molecule has 0 aliphatic carbocycles. The third kappa shape index (κ3) is 5.83. The Balaban J connectivity index is 1.77. The number of benzene rings is 3. The highest BCUT2D eigenvalue weighted by Gasteiger charge is 2.10. The van der Waals surface area contributed by atoms with Crippen molar-refractivity contribution < 1.29 is 9.59 Å². The van der Waals surface area contributed by atoms with Crippen LogP contribution in [0, 0.1) is 5.41 Å². The summed E-state index contributed by atoms with van der Waals surface area (Å²) in [6.45, 7) is 0.672. The van der Waals surface area contributed by atoms with Gasteiger partial charge in [0.15, 0.2) is 0 Å². The van der Waals surface area contributed by atoms with Gasteiger partial charge in [-0.05, 0) is 47.5 Å². The van der Waals surface area contributed by atoms with Gasteiger partial charge in [-0.2, -0.15) is 0 Å². The quantitative estimate of drug-likeness (QED) is 0.274. The molecule has 0 bridgehead atoms. The molecule has 0 radical (unpaired) electrons. The fraction of sp³-hybridized carbons (Fsp3) is 0.0870. The maximum absolute atomic E-state index is 12.4. The average Bonchev–Trinajstić information content (AvgIpc) is 2.76. The van der Waals surface area contributed by atoms with Crippen molar-refractivity contribution >= 4 is 34.9 Å². The molecule has 158 valence electrons. The van der Waals surface area contributed by atoms with Gasteiger partial charge in [0.25, 0.3) is 5.91 Å². The first kappa shape index (κ1) is 21.9. The Bertz CT molecular complexity index is 1150. The van der Waals surface area contributed by atoms with E-state index in [0.29, 0.717) is 33.9 Å². The van der Waals surface area contributed by atoms with Crippen LogP contribution in [0.4, 0.5) is 5.69 Å². The lowest BCUT2D eigenvalue weighted by molar-refractivity contribution is 0.0949. The van der Waals surface area contributed by atoms with Gasteiger partial charge < -0.3 is 22.1 Å². The standard InChI is InChI=1S/C23H22ClN5O2/c24-19-6-2-5-17(10-19)23(31)29-13-18-8-7-15(21(25)26)11-20(18)28-12-14-3-1-4-16(9-14)22(27)30/h1-11,28H,12-13H2,(H3,25,26)(H2,27,30)(H,29,31). The van der Waals surface area contributed by atoms with Crippen molar-refractivity contribution in [1.29, 1.82) is 5.41 Å². The van der Waals surface area contributed by atoms with Crippen LogP contribution < -0.4 is 22.1 Å². The summed E-state index contributed by atoms with van der Waals surface area (Å²) in [4.78, 5) is 23.9. The third-order valence-corrected chi connectivity index (χ3v) is 4.88. The second kappa shape index (κ2) is 9.77. The Labute approximate surface area is 184 Å². The third-order valence-electron chi connectivity index (χ3n) is 4.64. The van der Waals surface area contributed by atoms with Crippen molar-refractivity contribution in [2.24, 2.45) is 11.5 Å². The van der Waals surface area contributed by atoms with E-state index in [2.05, 4.69) is 10.6 Å². The van der Waals surface area contributed by atoms with Crippen LogP contribution in [0.1, 0.15) is 37.4 Å². The molecule has 0 saturated heterocycles. The summed E-state index contributed by atoms with van der Waals surface area (Å²) >= 11 is 5.96. The number of nitrogens with one attached hydrogen (secondary N) is 3. The molecule has 0 unspecified atom stereocenters. The Morgan fingerprint density at radius 1 is 0.871 bits per heavy atom. The molecule has 0 aromatic heterocycles. The lowest BCUT2D eigenvalue weighted by atomic mass is 10.1. The number of amidine groups is 1. The number of carbonyl (C=O) groups is 2. The van der Waals surface area contributed by atoms with Crippen molar-refractivity contribution in [3.05, 3.63) is 99.6 Å². The molecular weight excluding hydrogens is 414 g/mol. The molecule has 0 saturated carbocycles. The second-order valence-electron chi connectivity index (χ2n) is 6.90. The summed E-state index contributed by atoms with van der Waals surface area (Å²) in [6.07, 6.45) is 0. The lowest BCUT2D eigenvalue weighted by Gasteiger charge is -2.15. The molecule has 8 heteroatoms. The van der Waals surface area contributed by atoms with Gasteiger partial charge in [0.05, 0.1) is 0 Å². The van der Waals surface area contributed by atoms with Gasteiger partial charge in [-0.3, -0.25) is 15.0 Å². The first-order valence-corrected chi connectivity index (χ1v) is 9.85. The van der Waals surface area contributed by atoms with E-state index in [1.165, 1.54) is 0 Å². The van der Waals surface area contributed by atoms with Crippen LogP contribution in [0.2, 0.25) is 5.02 Å². The SMILES string of the molecule is N=C(N)c1ccc(CNC(=O)c2cccc(Cl)c2)c(NCc2cccc(C(N)=O)c2)c1. The van der Waals surface area contributed by atoms with Gasteiger partial charge in [-0.25, -0.2) is 0 Å². The number of amides is 2. The summed E-state index contributed by atoms with van der Waals surface area (Å²) in [6, 6.07) is 19.0. The molecule has 0 fully saturated rings. The minimum atomic E-state index is -0.496. The van der Waals surface area contributed by atoms with Crippen LogP contribution in [-0.2, 0) is 13.1 Å². The fourth-order valence-electron chi connectivity index (χ4n) is 3.00. The van der Waals surface area contributed by atoms with E-state index >= 15 is 0 Å². The second-order valence-corrected chi connectivity index (χ2v) is 7.33. The number of halogens is 1. The first-order valence-electron chi connectivity index (χ1n) is 9.47. The number of primary amides is 1. The van der Waals surface area contributed by atoms with Crippen LogP contribution >= 0.6 is 11.6 Å². The van der Waals surface area contributed by atoms with Gasteiger partial charge in [0, 0.05) is 40.5 Å². The van der Waals surface area contributed by atoms with E-state index < -0.39 is 5.91 Å². The topological polar surface area (TPSA) is 134 Å².